The van der Waals surface area contributed by atoms with E-state index in [0.717, 1.165) is 32.7 Å². The molecule has 0 bridgehead atoms. The maximum absolute atomic E-state index is 11.4. The van der Waals surface area contributed by atoms with Gasteiger partial charge in [0.15, 0.2) is 0 Å². The molecule has 0 N–H and O–H groups in total. The van der Waals surface area contributed by atoms with Crippen molar-refractivity contribution in [1.82, 2.24) is 19.4 Å². The van der Waals surface area contributed by atoms with Crippen molar-refractivity contribution in [1.29, 1.82) is 0 Å². The van der Waals surface area contributed by atoms with Crippen LogP contribution in [0.4, 0.5) is 0 Å². The summed E-state index contributed by atoms with van der Waals surface area (Å²) in [5, 5.41) is 0. The molecule has 1 aliphatic rings. The molecule has 0 unspecified atom stereocenters. The van der Waals surface area contributed by atoms with Gasteiger partial charge in [0.05, 0.1) is 12.0 Å². The number of carbonyl (C=O) groups is 1. The van der Waals surface area contributed by atoms with Gasteiger partial charge in [-0.05, 0) is 11.6 Å². The number of benzene rings is 1. The minimum atomic E-state index is 0.175. The van der Waals surface area contributed by atoms with Crippen LogP contribution in [0.1, 0.15) is 12.5 Å². The van der Waals surface area contributed by atoms with Gasteiger partial charge in [0.2, 0.25) is 5.91 Å². The van der Waals surface area contributed by atoms with Gasteiger partial charge in [-0.3, -0.25) is 9.69 Å². The van der Waals surface area contributed by atoms with Crippen LogP contribution in [0.3, 0.4) is 0 Å². The number of imidazole rings is 1. The van der Waals surface area contributed by atoms with Crippen molar-refractivity contribution in [3.63, 3.8) is 0 Å². The van der Waals surface area contributed by atoms with E-state index in [1.54, 1.807) is 13.1 Å². The Bertz CT molecular complexity index is 600. The first kappa shape index (κ1) is 13.8. The lowest BCUT2D eigenvalue weighted by molar-refractivity contribution is -0.130. The average molecular weight is 284 g/mol. The highest BCUT2D eigenvalue weighted by molar-refractivity contribution is 5.73. The molecule has 2 heterocycles. The maximum atomic E-state index is 11.4. The molecule has 0 atom stereocenters. The lowest BCUT2D eigenvalue weighted by Gasteiger charge is -2.34. The predicted molar refractivity (Wildman–Crippen MR) is 81.1 cm³/mol. The number of nitrogens with zero attached hydrogens (tertiary/aromatic N) is 4. The van der Waals surface area contributed by atoms with Crippen LogP contribution < -0.4 is 0 Å². The summed E-state index contributed by atoms with van der Waals surface area (Å²) in [5.41, 5.74) is 2.45. The topological polar surface area (TPSA) is 41.4 Å². The van der Waals surface area contributed by atoms with E-state index in [2.05, 4.69) is 28.1 Å². The fourth-order valence-electron chi connectivity index (χ4n) is 2.76. The highest BCUT2D eigenvalue weighted by Gasteiger charge is 2.19. The summed E-state index contributed by atoms with van der Waals surface area (Å²) in [6.45, 7) is 6.05. The second-order valence-electron chi connectivity index (χ2n) is 5.38. The van der Waals surface area contributed by atoms with Crippen LogP contribution in [0.15, 0.2) is 43.0 Å². The number of para-hydroxylation sites is 1. The zero-order chi connectivity index (χ0) is 14.7. The normalized spacial score (nSPS) is 16.1. The first-order valence-electron chi connectivity index (χ1n) is 7.28. The largest absolute Gasteiger partial charge is 0.340 e. The summed E-state index contributed by atoms with van der Waals surface area (Å²) in [6.07, 6.45) is 5.58. The fourth-order valence-corrected chi connectivity index (χ4v) is 2.76. The first-order valence-corrected chi connectivity index (χ1v) is 7.28. The molecule has 110 valence electrons. The third kappa shape index (κ3) is 3.13. The van der Waals surface area contributed by atoms with E-state index in [1.165, 1.54) is 11.3 Å². The molecule has 0 aliphatic carbocycles. The second kappa shape index (κ2) is 6.10. The third-order valence-electron chi connectivity index (χ3n) is 3.99. The summed E-state index contributed by atoms with van der Waals surface area (Å²) in [5.74, 6) is 0.175. The Balaban J connectivity index is 1.70. The van der Waals surface area contributed by atoms with Crippen LogP contribution >= 0.6 is 0 Å². The number of hydrogen-bond donors (Lipinski definition) is 0. The Labute approximate surface area is 124 Å². The van der Waals surface area contributed by atoms with Crippen molar-refractivity contribution in [3.05, 3.63) is 48.5 Å². The summed E-state index contributed by atoms with van der Waals surface area (Å²) in [4.78, 5) is 19.8. The van der Waals surface area contributed by atoms with Gasteiger partial charge in [0.1, 0.15) is 0 Å². The Morgan fingerprint density at radius 3 is 2.62 bits per heavy atom. The molecule has 0 radical (unpaired) electrons. The Hall–Kier alpha value is -2.14. The van der Waals surface area contributed by atoms with Crippen LogP contribution in [-0.4, -0.2) is 51.4 Å². The van der Waals surface area contributed by atoms with Crippen LogP contribution in [0.25, 0.3) is 5.69 Å². The molecule has 21 heavy (non-hydrogen) atoms. The summed E-state index contributed by atoms with van der Waals surface area (Å²) in [7, 11) is 0. The van der Waals surface area contributed by atoms with E-state index >= 15 is 0 Å². The quantitative estimate of drug-likeness (QED) is 0.858. The van der Waals surface area contributed by atoms with Gasteiger partial charge >= 0.3 is 0 Å². The molecular weight excluding hydrogens is 264 g/mol. The van der Waals surface area contributed by atoms with Crippen LogP contribution in [-0.2, 0) is 11.3 Å². The molecule has 0 saturated carbocycles. The minimum Gasteiger partial charge on any atom is -0.340 e. The predicted octanol–water partition coefficient (Wildman–Crippen LogP) is 1.54. The number of amides is 1. The van der Waals surface area contributed by atoms with Crippen molar-refractivity contribution in [2.24, 2.45) is 0 Å². The molecule has 2 aromatic rings. The smallest absolute Gasteiger partial charge is 0.219 e. The van der Waals surface area contributed by atoms with Crippen LogP contribution in [0.5, 0.6) is 0 Å². The zero-order valence-corrected chi connectivity index (χ0v) is 12.3. The van der Waals surface area contributed by atoms with Crippen molar-refractivity contribution >= 4 is 5.91 Å². The lowest BCUT2D eigenvalue weighted by atomic mass is 10.1. The van der Waals surface area contributed by atoms with Crippen molar-refractivity contribution in [3.8, 4) is 5.69 Å². The van der Waals surface area contributed by atoms with Gasteiger partial charge < -0.3 is 9.47 Å². The van der Waals surface area contributed by atoms with E-state index in [1.807, 2.05) is 28.1 Å². The van der Waals surface area contributed by atoms with E-state index in [0.29, 0.717) is 0 Å². The molecule has 5 nitrogen and oxygen atoms in total. The number of aromatic nitrogens is 2. The van der Waals surface area contributed by atoms with Gasteiger partial charge in [-0.2, -0.15) is 0 Å². The van der Waals surface area contributed by atoms with Gasteiger partial charge in [0, 0.05) is 52.0 Å². The molecule has 1 amide bonds. The Morgan fingerprint density at radius 2 is 1.95 bits per heavy atom. The highest BCUT2D eigenvalue weighted by atomic mass is 16.2. The third-order valence-corrected chi connectivity index (χ3v) is 3.99. The molecule has 1 fully saturated rings. The fraction of sp³-hybridized carbons (Fsp3) is 0.375. The summed E-state index contributed by atoms with van der Waals surface area (Å²) >= 11 is 0. The average Bonchev–Trinajstić information content (AvgIpc) is 3.02. The van der Waals surface area contributed by atoms with Gasteiger partial charge in [-0.25, -0.2) is 4.98 Å². The van der Waals surface area contributed by atoms with Crippen molar-refractivity contribution in [2.75, 3.05) is 26.2 Å². The van der Waals surface area contributed by atoms with Gasteiger partial charge in [0.25, 0.3) is 0 Å². The summed E-state index contributed by atoms with van der Waals surface area (Å²) < 4.78 is 2.04. The molecular formula is C16H20N4O. The van der Waals surface area contributed by atoms with E-state index in [9.17, 15) is 4.79 Å². The first-order chi connectivity index (χ1) is 10.2. The van der Waals surface area contributed by atoms with Crippen molar-refractivity contribution in [2.45, 2.75) is 13.5 Å². The Kier molecular flexibility index (Phi) is 4.01. The monoisotopic (exact) mass is 284 g/mol. The molecule has 5 heteroatoms. The molecule has 3 rings (SSSR count). The van der Waals surface area contributed by atoms with Crippen LogP contribution in [0, 0.1) is 0 Å². The van der Waals surface area contributed by atoms with Crippen molar-refractivity contribution < 1.29 is 4.79 Å². The number of rotatable bonds is 3. The van der Waals surface area contributed by atoms with E-state index in [-0.39, 0.29) is 5.91 Å². The number of piperazine rings is 1. The highest BCUT2D eigenvalue weighted by Crippen LogP contribution is 2.17. The van der Waals surface area contributed by atoms with Gasteiger partial charge in [-0.15, -0.1) is 0 Å². The lowest BCUT2D eigenvalue weighted by Crippen LogP contribution is -2.47. The molecule has 0 spiro atoms. The minimum absolute atomic E-state index is 0.175. The van der Waals surface area contributed by atoms with Crippen LogP contribution in [0.2, 0.25) is 0 Å². The second-order valence-corrected chi connectivity index (χ2v) is 5.38. The molecule has 1 aromatic heterocycles. The van der Waals surface area contributed by atoms with Gasteiger partial charge in [-0.1, -0.05) is 18.2 Å². The molecule has 1 saturated heterocycles. The molecule has 1 aliphatic heterocycles. The zero-order valence-electron chi connectivity index (χ0n) is 12.3. The van der Waals surface area contributed by atoms with E-state index < -0.39 is 0 Å². The van der Waals surface area contributed by atoms with E-state index in [4.69, 9.17) is 0 Å². The Morgan fingerprint density at radius 1 is 1.19 bits per heavy atom. The SMILES string of the molecule is CC(=O)N1CCN(Cc2ccccc2-n2ccnc2)CC1. The summed E-state index contributed by atoms with van der Waals surface area (Å²) in [6, 6.07) is 8.39. The maximum Gasteiger partial charge on any atom is 0.219 e. The standard InChI is InChI=1S/C16H20N4O/c1-14(21)19-10-8-18(9-11-19)12-15-4-2-3-5-16(15)20-7-6-17-13-20/h2-7,13H,8-12H2,1H3. The molecule has 1 aromatic carbocycles. The number of carbonyl (C=O) groups excluding carboxylic acids is 1. The number of hydrogen-bond acceptors (Lipinski definition) is 3.